The third kappa shape index (κ3) is 45.1. The van der Waals surface area contributed by atoms with Gasteiger partial charge in [-0.25, -0.2) is 4.57 Å². The predicted molar refractivity (Wildman–Crippen MR) is 261 cm³/mol. The van der Waals surface area contributed by atoms with Crippen LogP contribution in [0.25, 0.3) is 0 Å². The SMILES string of the molecule is CCCC/C=C\CCCCCCCC(=O)OCC(COP(=O)(O)OCC(CO)OC(=O)CCCCCCCCCCCCC)OC(=O)CCCCCCC/C=C\CCCCCCCC. The van der Waals surface area contributed by atoms with Crippen molar-refractivity contribution in [2.45, 2.75) is 264 Å². The highest BCUT2D eigenvalue weighted by Crippen LogP contribution is 2.43. The second kappa shape index (κ2) is 47.5. The van der Waals surface area contributed by atoms with E-state index in [0.717, 1.165) is 96.3 Å². The second-order valence-electron chi connectivity index (χ2n) is 17.7. The van der Waals surface area contributed by atoms with Crippen LogP contribution in [0.4, 0.5) is 0 Å². The second-order valence-corrected chi connectivity index (χ2v) is 19.1. The Kier molecular flexibility index (Phi) is 45.9. The highest BCUT2D eigenvalue weighted by Gasteiger charge is 2.28. The van der Waals surface area contributed by atoms with Gasteiger partial charge in [0.15, 0.2) is 6.10 Å². The van der Waals surface area contributed by atoms with Gasteiger partial charge in [0.1, 0.15) is 12.7 Å². The van der Waals surface area contributed by atoms with Crippen LogP contribution in [0.3, 0.4) is 0 Å². The Labute approximate surface area is 391 Å². The fourth-order valence-corrected chi connectivity index (χ4v) is 8.06. The third-order valence-corrected chi connectivity index (χ3v) is 12.3. The summed E-state index contributed by atoms with van der Waals surface area (Å²) in [4.78, 5) is 48.2. The molecule has 0 aromatic rings. The number of aliphatic hydroxyl groups is 1. The average molecular weight is 929 g/mol. The number of carbonyl (C=O) groups excluding carboxylic acids is 3. The van der Waals surface area contributed by atoms with E-state index in [-0.39, 0.29) is 25.9 Å². The van der Waals surface area contributed by atoms with Crippen molar-refractivity contribution in [3.63, 3.8) is 0 Å². The molecule has 64 heavy (non-hydrogen) atoms. The molecule has 0 fully saturated rings. The first kappa shape index (κ1) is 62.0. The number of phosphoric ester groups is 1. The molecule has 0 aliphatic rings. The van der Waals surface area contributed by atoms with Crippen molar-refractivity contribution in [3.8, 4) is 0 Å². The Morgan fingerprint density at radius 2 is 0.734 bits per heavy atom. The number of carbonyl (C=O) groups is 3. The Balaban J connectivity index is 4.73. The number of rotatable bonds is 49. The van der Waals surface area contributed by atoms with Gasteiger partial charge in [-0.2, -0.15) is 0 Å². The summed E-state index contributed by atoms with van der Waals surface area (Å²) in [6.45, 7) is 4.58. The maximum atomic E-state index is 12.8. The number of esters is 3. The number of phosphoric acid groups is 1. The van der Waals surface area contributed by atoms with Gasteiger partial charge in [-0.15, -0.1) is 0 Å². The van der Waals surface area contributed by atoms with Gasteiger partial charge in [0.2, 0.25) is 0 Å². The van der Waals surface area contributed by atoms with E-state index in [4.69, 9.17) is 23.3 Å². The minimum atomic E-state index is -4.73. The Morgan fingerprint density at radius 1 is 0.422 bits per heavy atom. The van der Waals surface area contributed by atoms with Gasteiger partial charge in [-0.1, -0.05) is 193 Å². The number of allylic oxidation sites excluding steroid dienone is 4. The van der Waals surface area contributed by atoms with Crippen molar-refractivity contribution >= 4 is 25.7 Å². The molecule has 0 spiro atoms. The van der Waals surface area contributed by atoms with Gasteiger partial charge >= 0.3 is 25.7 Å². The lowest BCUT2D eigenvalue weighted by Crippen LogP contribution is -2.30. The van der Waals surface area contributed by atoms with Crippen molar-refractivity contribution in [1.29, 1.82) is 0 Å². The van der Waals surface area contributed by atoms with Crippen LogP contribution in [0, 0.1) is 0 Å². The summed E-state index contributed by atoms with van der Waals surface area (Å²) >= 11 is 0. The van der Waals surface area contributed by atoms with E-state index in [1.54, 1.807) is 0 Å². The zero-order valence-corrected chi connectivity index (χ0v) is 42.2. The number of aliphatic hydroxyl groups excluding tert-OH is 1. The van der Waals surface area contributed by atoms with E-state index < -0.39 is 57.8 Å². The topological polar surface area (TPSA) is 155 Å². The van der Waals surface area contributed by atoms with Crippen LogP contribution in [0.2, 0.25) is 0 Å². The van der Waals surface area contributed by atoms with Gasteiger partial charge in [-0.3, -0.25) is 23.4 Å². The molecule has 0 aromatic heterocycles. The van der Waals surface area contributed by atoms with E-state index in [1.165, 1.54) is 96.3 Å². The first-order valence-electron chi connectivity index (χ1n) is 26.2. The Bertz CT molecular complexity index is 1180. The van der Waals surface area contributed by atoms with Crippen LogP contribution in [-0.4, -0.2) is 66.5 Å². The Morgan fingerprint density at radius 3 is 1.12 bits per heavy atom. The predicted octanol–water partition coefficient (Wildman–Crippen LogP) is 14.7. The molecule has 0 radical (unpaired) electrons. The maximum Gasteiger partial charge on any atom is 0.472 e. The normalized spacial score (nSPS) is 13.6. The van der Waals surface area contributed by atoms with Crippen LogP contribution < -0.4 is 0 Å². The lowest BCUT2D eigenvalue weighted by Gasteiger charge is -2.21. The molecule has 3 atom stereocenters. The van der Waals surface area contributed by atoms with E-state index in [1.807, 2.05) is 0 Å². The van der Waals surface area contributed by atoms with E-state index in [9.17, 15) is 28.9 Å². The molecule has 11 nitrogen and oxygen atoms in total. The summed E-state index contributed by atoms with van der Waals surface area (Å²) in [5.74, 6) is -1.47. The molecule has 0 aliphatic heterocycles. The lowest BCUT2D eigenvalue weighted by atomic mass is 10.1. The average Bonchev–Trinajstić information content (AvgIpc) is 3.28. The molecular weight excluding hydrogens is 832 g/mol. The fourth-order valence-electron chi connectivity index (χ4n) is 7.27. The van der Waals surface area contributed by atoms with E-state index in [2.05, 4.69) is 45.1 Å². The summed E-state index contributed by atoms with van der Waals surface area (Å²) in [6.07, 6.45) is 44.3. The summed E-state index contributed by atoms with van der Waals surface area (Å²) in [7, 11) is -4.73. The van der Waals surface area contributed by atoms with Gasteiger partial charge in [-0.05, 0) is 64.2 Å². The smallest absolute Gasteiger partial charge is 0.462 e. The molecule has 12 heteroatoms. The summed E-state index contributed by atoms with van der Waals surface area (Å²) in [5, 5.41) is 9.75. The third-order valence-electron chi connectivity index (χ3n) is 11.3. The van der Waals surface area contributed by atoms with Crippen molar-refractivity contribution < 1.29 is 52.2 Å². The quantitative estimate of drug-likeness (QED) is 0.0197. The minimum Gasteiger partial charge on any atom is -0.462 e. The first-order chi connectivity index (χ1) is 31.2. The van der Waals surface area contributed by atoms with Crippen LogP contribution in [0.1, 0.15) is 252 Å². The fraction of sp³-hybridized carbons (Fsp3) is 0.865. The first-order valence-corrected chi connectivity index (χ1v) is 27.7. The molecule has 0 saturated carbocycles. The highest BCUT2D eigenvalue weighted by atomic mass is 31.2. The van der Waals surface area contributed by atoms with Crippen LogP contribution in [0.15, 0.2) is 24.3 Å². The molecule has 0 aliphatic carbocycles. The van der Waals surface area contributed by atoms with E-state index >= 15 is 0 Å². The molecule has 0 amide bonds. The van der Waals surface area contributed by atoms with Crippen molar-refractivity contribution in [2.75, 3.05) is 26.4 Å². The van der Waals surface area contributed by atoms with E-state index in [0.29, 0.717) is 19.3 Å². The summed E-state index contributed by atoms with van der Waals surface area (Å²) < 4.78 is 39.3. The van der Waals surface area contributed by atoms with Gasteiger partial charge in [0.05, 0.1) is 19.8 Å². The molecular formula is C52H97O11P. The summed E-state index contributed by atoms with van der Waals surface area (Å²) in [6, 6.07) is 0. The monoisotopic (exact) mass is 929 g/mol. The molecule has 0 rings (SSSR count). The zero-order chi connectivity index (χ0) is 47.0. The maximum absolute atomic E-state index is 12.8. The van der Waals surface area contributed by atoms with Crippen LogP contribution >= 0.6 is 7.82 Å². The van der Waals surface area contributed by atoms with Crippen molar-refractivity contribution in [1.82, 2.24) is 0 Å². The number of unbranched alkanes of at least 4 members (excludes halogenated alkanes) is 28. The summed E-state index contributed by atoms with van der Waals surface area (Å²) in [5.41, 5.74) is 0. The Hall–Kier alpha value is -2.04. The standard InChI is InChI=1S/C52H97O11P/c1-4-7-10-13-16-19-22-23-24-25-28-31-34-37-40-43-52(56)63-49(45-59-50(54)41-38-35-32-29-26-20-17-14-11-8-5-2)47-61-64(57,58)60-46-48(44-53)62-51(55)42-39-36-33-30-27-21-18-15-12-9-6-3/h14,17,23-24,48-49,53H,4-13,15-16,18-22,25-47H2,1-3H3,(H,57,58)/b17-14-,24-23-. The molecule has 0 heterocycles. The van der Waals surface area contributed by atoms with Gasteiger partial charge in [0.25, 0.3) is 0 Å². The van der Waals surface area contributed by atoms with Gasteiger partial charge in [0, 0.05) is 19.3 Å². The minimum absolute atomic E-state index is 0.160. The molecule has 3 unspecified atom stereocenters. The van der Waals surface area contributed by atoms with Crippen LogP contribution in [-0.2, 0) is 42.2 Å². The van der Waals surface area contributed by atoms with Crippen molar-refractivity contribution in [2.24, 2.45) is 0 Å². The molecule has 0 bridgehead atoms. The van der Waals surface area contributed by atoms with Gasteiger partial charge < -0.3 is 24.2 Å². The molecule has 0 aromatic carbocycles. The zero-order valence-electron chi connectivity index (χ0n) is 41.3. The largest absolute Gasteiger partial charge is 0.472 e. The molecule has 376 valence electrons. The lowest BCUT2D eigenvalue weighted by molar-refractivity contribution is -0.161. The number of hydrogen-bond acceptors (Lipinski definition) is 10. The van der Waals surface area contributed by atoms with Crippen molar-refractivity contribution in [3.05, 3.63) is 24.3 Å². The number of hydrogen-bond donors (Lipinski definition) is 2. The highest BCUT2D eigenvalue weighted by molar-refractivity contribution is 7.47. The van der Waals surface area contributed by atoms with Crippen LogP contribution in [0.5, 0.6) is 0 Å². The molecule has 0 saturated heterocycles. The number of ether oxygens (including phenoxy) is 3. The molecule has 2 N–H and O–H groups in total.